The topological polar surface area (TPSA) is 84.9 Å². The molecular formula is C20H23F3N2O5S. The molecule has 0 bridgehead atoms. The number of ether oxygens (including phenoxy) is 1. The minimum absolute atomic E-state index is 0.0121. The molecule has 0 aromatic heterocycles. The molecule has 2 aromatic carbocycles. The minimum Gasteiger partial charge on any atom is -0.493 e. The van der Waals surface area contributed by atoms with Crippen molar-refractivity contribution < 1.29 is 35.3 Å². The van der Waals surface area contributed by atoms with Gasteiger partial charge in [0.15, 0.2) is 11.5 Å². The highest BCUT2D eigenvalue weighted by Gasteiger charge is 2.34. The van der Waals surface area contributed by atoms with Crippen LogP contribution in [0.3, 0.4) is 0 Å². The molecule has 1 N–H and O–H groups in total. The maximum Gasteiger partial charge on any atom is 0.418 e. The fraction of sp³-hybridized carbons (Fsp3) is 0.350. The molecular weight excluding hydrogens is 437 g/mol. The van der Waals surface area contributed by atoms with E-state index in [1.165, 1.54) is 42.3 Å². The normalized spacial score (nSPS) is 11.9. The summed E-state index contributed by atoms with van der Waals surface area (Å²) in [6.45, 7) is 3.39. The molecule has 2 rings (SSSR count). The summed E-state index contributed by atoms with van der Waals surface area (Å²) in [4.78, 5) is 14.1. The van der Waals surface area contributed by atoms with E-state index < -0.39 is 27.9 Å². The van der Waals surface area contributed by atoms with Gasteiger partial charge >= 0.3 is 22.3 Å². The molecule has 170 valence electrons. The number of hydrogen-bond acceptors (Lipinski definition) is 5. The number of methoxy groups -OCH3 is 1. The summed E-state index contributed by atoms with van der Waals surface area (Å²) >= 11 is 0. The lowest BCUT2D eigenvalue weighted by Crippen LogP contribution is -2.39. The van der Waals surface area contributed by atoms with E-state index in [0.29, 0.717) is 5.56 Å². The first kappa shape index (κ1) is 24.3. The highest BCUT2D eigenvalue weighted by Crippen LogP contribution is 2.35. The molecule has 2 amide bonds. The largest absolute Gasteiger partial charge is 0.493 e. The van der Waals surface area contributed by atoms with Gasteiger partial charge in [-0.3, -0.25) is 0 Å². The van der Waals surface area contributed by atoms with Gasteiger partial charge < -0.3 is 19.1 Å². The third kappa shape index (κ3) is 6.78. The van der Waals surface area contributed by atoms with Gasteiger partial charge in [-0.15, -0.1) is 0 Å². The molecule has 0 fully saturated rings. The fourth-order valence-electron chi connectivity index (χ4n) is 2.76. The number of rotatable bonds is 7. The summed E-state index contributed by atoms with van der Waals surface area (Å²) in [6.07, 6.45) is -3.74. The standard InChI is InChI=1S/C20H23F3N2O5S/c1-13(2)25(19(26)24-16-8-6-5-7-15(16)20(21,22)23)12-14-9-10-17(29-3)18(11-14)30-31(4,27)28/h5-11,13H,12H2,1-4H3,(H,24,26). The SMILES string of the molecule is COc1ccc(CN(C(=O)Nc2ccccc2C(F)(F)F)C(C)C)cc1OS(C)(=O)=O. The number of para-hydroxylation sites is 1. The summed E-state index contributed by atoms with van der Waals surface area (Å²) < 4.78 is 72.6. The van der Waals surface area contributed by atoms with Crippen LogP contribution in [0.15, 0.2) is 42.5 Å². The number of amides is 2. The lowest BCUT2D eigenvalue weighted by molar-refractivity contribution is -0.136. The Bertz CT molecular complexity index is 1040. The van der Waals surface area contributed by atoms with Crippen LogP contribution in [0.1, 0.15) is 25.0 Å². The smallest absolute Gasteiger partial charge is 0.418 e. The van der Waals surface area contributed by atoms with E-state index in [1.807, 2.05) is 0 Å². The molecule has 0 heterocycles. The molecule has 0 aliphatic carbocycles. The van der Waals surface area contributed by atoms with Crippen LogP contribution in [0, 0.1) is 0 Å². The molecule has 0 unspecified atom stereocenters. The van der Waals surface area contributed by atoms with Crippen molar-refractivity contribution in [2.75, 3.05) is 18.7 Å². The Hall–Kier alpha value is -2.95. The monoisotopic (exact) mass is 460 g/mol. The zero-order valence-corrected chi connectivity index (χ0v) is 18.2. The molecule has 2 aromatic rings. The van der Waals surface area contributed by atoms with Gasteiger partial charge in [0.25, 0.3) is 0 Å². The number of anilines is 1. The van der Waals surface area contributed by atoms with Gasteiger partial charge in [0.05, 0.1) is 24.6 Å². The lowest BCUT2D eigenvalue weighted by atomic mass is 10.1. The van der Waals surface area contributed by atoms with Crippen molar-refractivity contribution in [1.29, 1.82) is 0 Å². The van der Waals surface area contributed by atoms with Crippen LogP contribution < -0.4 is 14.2 Å². The van der Waals surface area contributed by atoms with Gasteiger partial charge in [-0.1, -0.05) is 18.2 Å². The molecule has 0 spiro atoms. The third-order valence-corrected chi connectivity index (χ3v) is 4.66. The molecule has 0 atom stereocenters. The van der Waals surface area contributed by atoms with E-state index in [4.69, 9.17) is 8.92 Å². The maximum absolute atomic E-state index is 13.2. The van der Waals surface area contributed by atoms with Crippen LogP contribution in [-0.4, -0.2) is 38.8 Å². The Morgan fingerprint density at radius 2 is 1.77 bits per heavy atom. The van der Waals surface area contributed by atoms with Crippen molar-refractivity contribution in [3.05, 3.63) is 53.6 Å². The molecule has 0 saturated carbocycles. The average Bonchev–Trinajstić information content (AvgIpc) is 2.64. The number of carbonyl (C=O) groups excluding carboxylic acids is 1. The van der Waals surface area contributed by atoms with Crippen LogP contribution in [0.25, 0.3) is 0 Å². The van der Waals surface area contributed by atoms with Gasteiger partial charge in [0.1, 0.15) is 0 Å². The average molecular weight is 460 g/mol. The molecule has 31 heavy (non-hydrogen) atoms. The number of carbonyl (C=O) groups is 1. The highest BCUT2D eigenvalue weighted by atomic mass is 32.2. The zero-order valence-electron chi connectivity index (χ0n) is 17.4. The van der Waals surface area contributed by atoms with Gasteiger partial charge in [0, 0.05) is 12.6 Å². The summed E-state index contributed by atoms with van der Waals surface area (Å²) in [7, 11) is -2.48. The Balaban J connectivity index is 2.30. The second-order valence-corrected chi connectivity index (χ2v) is 8.54. The van der Waals surface area contributed by atoms with Crippen LogP contribution in [0.5, 0.6) is 11.5 Å². The van der Waals surface area contributed by atoms with Gasteiger partial charge in [-0.05, 0) is 43.7 Å². The van der Waals surface area contributed by atoms with Crippen molar-refractivity contribution in [2.45, 2.75) is 32.6 Å². The summed E-state index contributed by atoms with van der Waals surface area (Å²) in [5.41, 5.74) is -0.825. The Morgan fingerprint density at radius 3 is 2.32 bits per heavy atom. The van der Waals surface area contributed by atoms with Gasteiger partial charge in [-0.2, -0.15) is 21.6 Å². The summed E-state index contributed by atoms with van der Waals surface area (Å²) in [6, 6.07) is 8.03. The first-order valence-corrected chi connectivity index (χ1v) is 10.9. The number of hydrogen-bond donors (Lipinski definition) is 1. The highest BCUT2D eigenvalue weighted by molar-refractivity contribution is 7.86. The number of alkyl halides is 3. The van der Waals surface area contributed by atoms with Crippen molar-refractivity contribution in [2.24, 2.45) is 0 Å². The predicted octanol–water partition coefficient (Wildman–Crippen LogP) is 4.49. The van der Waals surface area contributed by atoms with Crippen molar-refractivity contribution >= 4 is 21.8 Å². The van der Waals surface area contributed by atoms with Crippen molar-refractivity contribution in [3.63, 3.8) is 0 Å². The maximum atomic E-state index is 13.2. The molecule has 0 radical (unpaired) electrons. The Kier molecular flexibility index (Phi) is 7.42. The van der Waals surface area contributed by atoms with E-state index in [-0.39, 0.29) is 29.8 Å². The zero-order chi connectivity index (χ0) is 23.4. The predicted molar refractivity (Wildman–Crippen MR) is 110 cm³/mol. The Morgan fingerprint density at radius 1 is 1.13 bits per heavy atom. The van der Waals surface area contributed by atoms with E-state index in [1.54, 1.807) is 19.9 Å². The summed E-state index contributed by atoms with van der Waals surface area (Å²) in [5, 5.41) is 2.31. The van der Waals surface area contributed by atoms with Crippen LogP contribution in [0.2, 0.25) is 0 Å². The molecule has 0 aliphatic rings. The van der Waals surface area contributed by atoms with E-state index in [9.17, 15) is 26.4 Å². The molecule has 0 aliphatic heterocycles. The fourth-order valence-corrected chi connectivity index (χ4v) is 3.22. The Labute approximate surface area is 178 Å². The molecule has 7 nitrogen and oxygen atoms in total. The molecule has 11 heteroatoms. The first-order valence-electron chi connectivity index (χ1n) is 9.12. The summed E-state index contributed by atoms with van der Waals surface area (Å²) in [5.74, 6) is 0.114. The third-order valence-electron chi connectivity index (χ3n) is 4.18. The van der Waals surface area contributed by atoms with Gasteiger partial charge in [-0.25, -0.2) is 4.79 Å². The molecule has 0 saturated heterocycles. The van der Waals surface area contributed by atoms with Crippen LogP contribution >= 0.6 is 0 Å². The second-order valence-electron chi connectivity index (χ2n) is 6.97. The number of benzene rings is 2. The first-order chi connectivity index (χ1) is 14.3. The number of nitrogens with one attached hydrogen (secondary N) is 1. The quantitative estimate of drug-likeness (QED) is 0.616. The lowest BCUT2D eigenvalue weighted by Gasteiger charge is -2.28. The van der Waals surface area contributed by atoms with E-state index >= 15 is 0 Å². The number of halogens is 3. The van der Waals surface area contributed by atoms with E-state index in [2.05, 4.69) is 5.32 Å². The number of nitrogens with zero attached hydrogens (tertiary/aromatic N) is 1. The van der Waals surface area contributed by atoms with Crippen LogP contribution in [0.4, 0.5) is 23.7 Å². The van der Waals surface area contributed by atoms with Crippen molar-refractivity contribution in [1.82, 2.24) is 4.90 Å². The second kappa shape index (κ2) is 9.46. The number of urea groups is 1. The van der Waals surface area contributed by atoms with Crippen molar-refractivity contribution in [3.8, 4) is 11.5 Å². The van der Waals surface area contributed by atoms with E-state index in [0.717, 1.165) is 12.3 Å². The minimum atomic E-state index is -4.62. The van der Waals surface area contributed by atoms with Gasteiger partial charge in [0.2, 0.25) is 0 Å². The van der Waals surface area contributed by atoms with Crippen LogP contribution in [-0.2, 0) is 22.8 Å².